The summed E-state index contributed by atoms with van der Waals surface area (Å²) in [6, 6.07) is 8.70. The second-order valence-corrected chi connectivity index (χ2v) is 7.42. The van der Waals surface area contributed by atoms with Gasteiger partial charge in [-0.2, -0.15) is 0 Å². The maximum atomic E-state index is 6.12. The SMILES string of the molecule is CCN(CC)CCCC(C)NC(=NC)NCc1ccccc1OC1CCC1. The van der Waals surface area contributed by atoms with Crippen molar-refractivity contribution in [2.75, 3.05) is 26.7 Å². The Hall–Kier alpha value is -1.75. The fourth-order valence-corrected chi connectivity index (χ4v) is 3.27. The predicted octanol–water partition coefficient (Wildman–Crippen LogP) is 3.79. The summed E-state index contributed by atoms with van der Waals surface area (Å²) in [6.07, 6.45) is 6.37. The van der Waals surface area contributed by atoms with Crippen LogP contribution in [0.2, 0.25) is 0 Å². The van der Waals surface area contributed by atoms with Crippen LogP contribution in [-0.2, 0) is 6.54 Å². The summed E-state index contributed by atoms with van der Waals surface area (Å²) in [6.45, 7) is 10.8. The lowest BCUT2D eigenvalue weighted by Gasteiger charge is -2.27. The third-order valence-electron chi connectivity index (χ3n) is 5.38. The van der Waals surface area contributed by atoms with E-state index in [1.54, 1.807) is 0 Å². The Labute approximate surface area is 165 Å². The van der Waals surface area contributed by atoms with E-state index in [9.17, 15) is 0 Å². The van der Waals surface area contributed by atoms with Crippen molar-refractivity contribution in [2.45, 2.75) is 71.6 Å². The van der Waals surface area contributed by atoms with E-state index in [0.717, 1.165) is 37.8 Å². The molecule has 0 heterocycles. The third-order valence-corrected chi connectivity index (χ3v) is 5.38. The number of rotatable bonds is 11. The highest BCUT2D eigenvalue weighted by atomic mass is 16.5. The molecule has 1 atom stereocenters. The fraction of sp³-hybridized carbons (Fsp3) is 0.682. The largest absolute Gasteiger partial charge is 0.490 e. The van der Waals surface area contributed by atoms with Gasteiger partial charge in [-0.15, -0.1) is 0 Å². The van der Waals surface area contributed by atoms with Crippen molar-refractivity contribution in [1.82, 2.24) is 15.5 Å². The molecule has 27 heavy (non-hydrogen) atoms. The maximum Gasteiger partial charge on any atom is 0.191 e. The van der Waals surface area contributed by atoms with Crippen molar-refractivity contribution in [3.63, 3.8) is 0 Å². The summed E-state index contributed by atoms with van der Waals surface area (Å²) >= 11 is 0. The number of hydrogen-bond acceptors (Lipinski definition) is 3. The average molecular weight is 375 g/mol. The average Bonchev–Trinajstić information content (AvgIpc) is 2.66. The van der Waals surface area contributed by atoms with Gasteiger partial charge in [0.15, 0.2) is 5.96 Å². The monoisotopic (exact) mass is 374 g/mol. The number of benzene rings is 1. The van der Waals surface area contributed by atoms with E-state index >= 15 is 0 Å². The van der Waals surface area contributed by atoms with Crippen LogP contribution in [0.15, 0.2) is 29.3 Å². The van der Waals surface area contributed by atoms with Crippen LogP contribution in [0.4, 0.5) is 0 Å². The molecule has 0 saturated heterocycles. The first kappa shape index (κ1) is 21.5. The molecule has 1 saturated carbocycles. The first-order valence-corrected chi connectivity index (χ1v) is 10.6. The minimum Gasteiger partial charge on any atom is -0.490 e. The van der Waals surface area contributed by atoms with Crippen LogP contribution in [0.3, 0.4) is 0 Å². The van der Waals surface area contributed by atoms with E-state index in [2.05, 4.69) is 59.5 Å². The van der Waals surface area contributed by atoms with Crippen molar-refractivity contribution in [3.05, 3.63) is 29.8 Å². The molecule has 1 fully saturated rings. The van der Waals surface area contributed by atoms with Crippen LogP contribution >= 0.6 is 0 Å². The first-order valence-electron chi connectivity index (χ1n) is 10.6. The van der Waals surface area contributed by atoms with Gasteiger partial charge in [0, 0.05) is 25.2 Å². The van der Waals surface area contributed by atoms with Crippen molar-refractivity contribution in [1.29, 1.82) is 0 Å². The zero-order valence-electron chi connectivity index (χ0n) is 17.6. The molecule has 1 unspecified atom stereocenters. The van der Waals surface area contributed by atoms with E-state index in [1.807, 2.05) is 13.1 Å². The number of para-hydroxylation sites is 1. The van der Waals surface area contributed by atoms with Crippen LogP contribution < -0.4 is 15.4 Å². The smallest absolute Gasteiger partial charge is 0.191 e. The van der Waals surface area contributed by atoms with Gasteiger partial charge < -0.3 is 20.3 Å². The van der Waals surface area contributed by atoms with Crippen molar-refractivity contribution in [3.8, 4) is 5.75 Å². The van der Waals surface area contributed by atoms with Crippen molar-refractivity contribution < 1.29 is 4.74 Å². The summed E-state index contributed by atoms with van der Waals surface area (Å²) in [5.74, 6) is 1.85. The molecule has 2 rings (SSSR count). The number of aliphatic imine (C=N–C) groups is 1. The second kappa shape index (κ2) is 11.9. The molecule has 0 aromatic heterocycles. The van der Waals surface area contributed by atoms with Crippen LogP contribution in [0, 0.1) is 0 Å². The molecule has 0 spiro atoms. The molecule has 152 valence electrons. The zero-order valence-corrected chi connectivity index (χ0v) is 17.6. The van der Waals surface area contributed by atoms with Gasteiger partial charge in [0.25, 0.3) is 0 Å². The quantitative estimate of drug-likeness (QED) is 0.457. The zero-order chi connectivity index (χ0) is 19.5. The van der Waals surface area contributed by atoms with Crippen LogP contribution in [0.25, 0.3) is 0 Å². The van der Waals surface area contributed by atoms with Crippen LogP contribution in [0.1, 0.15) is 58.4 Å². The highest BCUT2D eigenvalue weighted by molar-refractivity contribution is 5.79. The molecular weight excluding hydrogens is 336 g/mol. The Morgan fingerprint density at radius 2 is 2.00 bits per heavy atom. The van der Waals surface area contributed by atoms with Crippen LogP contribution in [0.5, 0.6) is 5.75 Å². The van der Waals surface area contributed by atoms with E-state index in [4.69, 9.17) is 4.74 Å². The Kier molecular flexibility index (Phi) is 9.46. The number of nitrogens with one attached hydrogen (secondary N) is 2. The highest BCUT2D eigenvalue weighted by Gasteiger charge is 2.20. The lowest BCUT2D eigenvalue weighted by Crippen LogP contribution is -2.42. The van der Waals surface area contributed by atoms with E-state index in [0.29, 0.717) is 18.7 Å². The second-order valence-electron chi connectivity index (χ2n) is 7.42. The van der Waals surface area contributed by atoms with E-state index < -0.39 is 0 Å². The Bertz CT molecular complexity index is 567. The lowest BCUT2D eigenvalue weighted by atomic mass is 9.96. The Balaban J connectivity index is 1.76. The molecule has 0 amide bonds. The van der Waals surface area contributed by atoms with Crippen LogP contribution in [-0.4, -0.2) is 49.7 Å². The number of nitrogens with zero attached hydrogens (tertiary/aromatic N) is 2. The van der Waals surface area contributed by atoms with Gasteiger partial charge in [-0.05, 0) is 64.7 Å². The van der Waals surface area contributed by atoms with Gasteiger partial charge in [0.05, 0.1) is 6.10 Å². The molecule has 0 radical (unpaired) electrons. The van der Waals surface area contributed by atoms with Gasteiger partial charge >= 0.3 is 0 Å². The predicted molar refractivity (Wildman–Crippen MR) is 115 cm³/mol. The maximum absolute atomic E-state index is 6.12. The Morgan fingerprint density at radius 3 is 2.63 bits per heavy atom. The molecule has 0 bridgehead atoms. The number of hydrogen-bond donors (Lipinski definition) is 2. The Morgan fingerprint density at radius 1 is 1.26 bits per heavy atom. The third kappa shape index (κ3) is 7.41. The minimum atomic E-state index is 0.397. The molecule has 1 aliphatic carbocycles. The minimum absolute atomic E-state index is 0.397. The standard InChI is InChI=1S/C22H38N4O/c1-5-26(6-2)16-10-11-18(3)25-22(23-4)24-17-19-12-7-8-15-21(19)27-20-13-9-14-20/h7-8,12,15,18,20H,5-6,9-11,13-14,16-17H2,1-4H3,(H2,23,24,25). The van der Waals surface area contributed by atoms with E-state index in [-0.39, 0.29) is 0 Å². The van der Waals surface area contributed by atoms with Gasteiger partial charge in [0.2, 0.25) is 0 Å². The highest BCUT2D eigenvalue weighted by Crippen LogP contribution is 2.27. The molecule has 0 aliphatic heterocycles. The number of ether oxygens (including phenoxy) is 1. The summed E-state index contributed by atoms with van der Waals surface area (Å²) < 4.78 is 6.12. The lowest BCUT2D eigenvalue weighted by molar-refractivity contribution is 0.119. The molecule has 1 aromatic rings. The number of guanidine groups is 1. The van der Waals surface area contributed by atoms with Gasteiger partial charge in [0.1, 0.15) is 5.75 Å². The molecule has 2 N–H and O–H groups in total. The molecular formula is C22H38N4O. The fourth-order valence-electron chi connectivity index (χ4n) is 3.27. The summed E-state index contributed by atoms with van der Waals surface area (Å²) in [7, 11) is 1.83. The van der Waals surface area contributed by atoms with Crippen molar-refractivity contribution >= 4 is 5.96 Å². The van der Waals surface area contributed by atoms with Gasteiger partial charge in [-0.3, -0.25) is 4.99 Å². The van der Waals surface area contributed by atoms with E-state index in [1.165, 1.54) is 31.2 Å². The normalized spacial score (nSPS) is 16.1. The summed E-state index contributed by atoms with van der Waals surface area (Å²) in [5, 5.41) is 6.95. The topological polar surface area (TPSA) is 48.9 Å². The summed E-state index contributed by atoms with van der Waals surface area (Å²) in [4.78, 5) is 6.85. The van der Waals surface area contributed by atoms with Gasteiger partial charge in [-0.25, -0.2) is 0 Å². The van der Waals surface area contributed by atoms with Crippen molar-refractivity contribution in [2.24, 2.45) is 4.99 Å². The molecule has 1 aromatic carbocycles. The molecule has 5 nitrogen and oxygen atoms in total. The molecule has 5 heteroatoms. The first-order chi connectivity index (χ1) is 13.2. The summed E-state index contributed by atoms with van der Waals surface area (Å²) in [5.41, 5.74) is 1.18. The molecule has 1 aliphatic rings. The van der Waals surface area contributed by atoms with Gasteiger partial charge in [-0.1, -0.05) is 32.0 Å².